The lowest BCUT2D eigenvalue weighted by Crippen LogP contribution is -2.32. The number of aliphatic hydroxyl groups excluding tert-OH is 1. The fourth-order valence-corrected chi connectivity index (χ4v) is 9.79. The zero-order valence-corrected chi connectivity index (χ0v) is 53.5. The predicted molar refractivity (Wildman–Crippen MR) is 320 cm³/mol. The summed E-state index contributed by atoms with van der Waals surface area (Å²) in [4.78, 5) is 50.0. The molecule has 0 saturated heterocycles. The molecule has 452 valence electrons. The summed E-state index contributed by atoms with van der Waals surface area (Å²) in [6.45, 7) is 26.0. The topological polar surface area (TPSA) is 277 Å². The fraction of sp³-hybridized carbons (Fsp3) is 0.552. The maximum absolute atomic E-state index is 12.3. The molecule has 2 saturated carbocycles. The van der Waals surface area contributed by atoms with E-state index in [9.17, 15) is 23.1 Å². The highest BCUT2D eigenvalue weighted by Gasteiger charge is 2.31. The second-order valence-corrected chi connectivity index (χ2v) is 38.0. The van der Waals surface area contributed by atoms with Crippen molar-refractivity contribution in [2.24, 2.45) is 10.8 Å². The number of aryl methyl sites for hydroxylation is 2. The SMILES string of the molecule is COC(=O)C(C)(C)COc1cc(C)c(-c2ccc(-c3nc(S(C)(=O)=O)n(COCC[Si](C)(C)C)n3)cn2)cn1.Cc1cc(OCC(C)(C)C(=O)O)ncc1-c1ccc(-c2nc(OC3CCC3)n(COCC[Si](C)(C)C)n2)cn1.OC1CCC1. The van der Waals surface area contributed by atoms with Crippen LogP contribution in [0.1, 0.15) is 77.3 Å². The Balaban J connectivity index is 0.000000245. The molecule has 2 aliphatic carbocycles. The number of esters is 1. The van der Waals surface area contributed by atoms with Crippen molar-refractivity contribution in [2.75, 3.05) is 39.8 Å². The van der Waals surface area contributed by atoms with Gasteiger partial charge in [0.25, 0.3) is 0 Å². The van der Waals surface area contributed by atoms with Gasteiger partial charge in [-0.1, -0.05) is 39.3 Å². The van der Waals surface area contributed by atoms with E-state index in [1.54, 1.807) is 81.4 Å². The van der Waals surface area contributed by atoms with Gasteiger partial charge in [0.05, 0.1) is 35.4 Å². The number of hydrogen-bond acceptors (Lipinski definition) is 19. The van der Waals surface area contributed by atoms with Crippen LogP contribution >= 0.6 is 0 Å². The summed E-state index contributed by atoms with van der Waals surface area (Å²) in [6.07, 6.45) is 14.6. The molecule has 2 N–H and O–H groups in total. The van der Waals surface area contributed by atoms with E-state index < -0.39 is 42.8 Å². The molecule has 6 aromatic heterocycles. The van der Waals surface area contributed by atoms with Crippen LogP contribution in [0.15, 0.2) is 66.3 Å². The maximum Gasteiger partial charge on any atom is 0.317 e. The van der Waals surface area contributed by atoms with Gasteiger partial charge in [-0.3, -0.25) is 19.6 Å². The average molecular weight is 1200 g/mol. The smallest absolute Gasteiger partial charge is 0.317 e. The van der Waals surface area contributed by atoms with Crippen LogP contribution in [0.25, 0.3) is 45.3 Å². The summed E-state index contributed by atoms with van der Waals surface area (Å²) in [5.74, 6) is 0.267. The van der Waals surface area contributed by atoms with Crippen LogP contribution in [0.4, 0.5) is 0 Å². The molecule has 25 heteroatoms. The average Bonchev–Trinajstić information content (AvgIpc) is 4.10. The van der Waals surface area contributed by atoms with Gasteiger partial charge in [-0.05, 0) is 128 Å². The summed E-state index contributed by atoms with van der Waals surface area (Å²) >= 11 is 0. The summed E-state index contributed by atoms with van der Waals surface area (Å²) in [6, 6.07) is 13.5. The molecule has 0 aromatic carbocycles. The summed E-state index contributed by atoms with van der Waals surface area (Å²) in [5, 5.41) is 26.6. The molecular formula is C58H84N10O12SSi2. The van der Waals surface area contributed by atoms with Crippen LogP contribution in [0.2, 0.25) is 51.4 Å². The third kappa shape index (κ3) is 19.8. The fourth-order valence-electron chi connectivity index (χ4n) is 7.54. The number of carboxylic acid groups (broad SMARTS) is 1. The molecule has 0 aliphatic heterocycles. The Morgan fingerprint density at radius 1 is 0.675 bits per heavy atom. The van der Waals surface area contributed by atoms with Crippen LogP contribution < -0.4 is 14.2 Å². The van der Waals surface area contributed by atoms with Gasteiger partial charge in [0.15, 0.2) is 11.6 Å². The van der Waals surface area contributed by atoms with Crippen molar-refractivity contribution in [3.63, 3.8) is 0 Å². The van der Waals surface area contributed by atoms with Crippen molar-refractivity contribution in [3.05, 3.63) is 72.3 Å². The monoisotopic (exact) mass is 1200 g/mol. The van der Waals surface area contributed by atoms with E-state index in [2.05, 4.69) is 79.4 Å². The molecular weight excluding hydrogens is 1120 g/mol. The number of aliphatic carboxylic acids is 1. The lowest BCUT2D eigenvalue weighted by Gasteiger charge is -2.25. The highest BCUT2D eigenvalue weighted by atomic mass is 32.2. The van der Waals surface area contributed by atoms with Crippen LogP contribution in [-0.2, 0) is 47.1 Å². The van der Waals surface area contributed by atoms with Crippen LogP contribution in [0.3, 0.4) is 0 Å². The molecule has 2 aliphatic rings. The van der Waals surface area contributed by atoms with Gasteiger partial charge in [-0.25, -0.2) is 23.1 Å². The molecule has 6 aromatic rings. The minimum absolute atomic E-state index is 0.00148. The largest absolute Gasteiger partial charge is 0.481 e. The van der Waals surface area contributed by atoms with Crippen molar-refractivity contribution in [2.45, 2.75) is 162 Å². The number of aromatic nitrogens is 10. The number of hydrogen-bond donors (Lipinski definition) is 2. The van der Waals surface area contributed by atoms with Gasteiger partial charge in [0.2, 0.25) is 26.8 Å². The van der Waals surface area contributed by atoms with E-state index in [0.29, 0.717) is 54.8 Å². The minimum Gasteiger partial charge on any atom is -0.481 e. The number of carboxylic acids is 1. The van der Waals surface area contributed by atoms with E-state index in [0.717, 1.165) is 77.5 Å². The highest BCUT2D eigenvalue weighted by Crippen LogP contribution is 2.31. The van der Waals surface area contributed by atoms with Gasteiger partial charge >= 0.3 is 17.9 Å². The third-order valence-electron chi connectivity index (χ3n) is 13.7. The second-order valence-electron chi connectivity index (χ2n) is 24.8. The quantitative estimate of drug-likeness (QED) is 0.0306. The summed E-state index contributed by atoms with van der Waals surface area (Å²) in [7, 11) is -4.73. The standard InChI is InChI=1S/C28H39N5O5Si.C26H37N5O6SSi.C4H8O/c1-19-14-24(37-17-28(2,3)26(34)35)30-16-22(19)23-11-10-20(15-29-23)25-31-27(38-21-8-7-9-21)33(32-25)18-36-12-13-39(4,5)6;1-18-13-22(37-16-26(2,3)24(32)35-4)28-15-20(18)21-10-9-19(14-27-21)23-29-25(38(5,33)34)31(30-23)17-36-11-12-39(6,7)8;5-4-2-1-3-4/h10-11,14-16,21H,7-9,12-13,17-18H2,1-6H3,(H,34,35);9-10,13-15H,11-12,16-17H2,1-8H3;4-5H,1-3H2. The van der Waals surface area contributed by atoms with Crippen LogP contribution in [-0.4, -0.2) is 148 Å². The molecule has 0 bridgehead atoms. The summed E-state index contributed by atoms with van der Waals surface area (Å²) in [5.41, 5.74) is 4.41. The Kier molecular flexibility index (Phi) is 22.4. The number of pyridine rings is 4. The van der Waals surface area contributed by atoms with Crippen molar-refractivity contribution in [1.29, 1.82) is 0 Å². The van der Waals surface area contributed by atoms with Gasteiger partial charge in [0.1, 0.15) is 32.8 Å². The molecule has 83 heavy (non-hydrogen) atoms. The van der Waals surface area contributed by atoms with Crippen LogP contribution in [0.5, 0.6) is 17.8 Å². The maximum atomic E-state index is 12.3. The Hall–Kier alpha value is -6.52. The van der Waals surface area contributed by atoms with Crippen LogP contribution in [0, 0.1) is 24.7 Å². The molecule has 8 rings (SSSR count). The highest BCUT2D eigenvalue weighted by molar-refractivity contribution is 7.90. The first-order chi connectivity index (χ1) is 38.9. The van der Waals surface area contributed by atoms with E-state index in [1.165, 1.54) is 24.6 Å². The van der Waals surface area contributed by atoms with Gasteiger partial charge in [0, 0.05) is 94.8 Å². The molecule has 22 nitrogen and oxygen atoms in total. The number of nitrogens with zero attached hydrogens (tertiary/aromatic N) is 10. The Bertz CT molecular complexity index is 3230. The number of aliphatic hydroxyl groups is 1. The number of ether oxygens (including phenoxy) is 6. The third-order valence-corrected chi connectivity index (χ3v) is 18.0. The second kappa shape index (κ2) is 28.4. The Morgan fingerprint density at radius 2 is 1.13 bits per heavy atom. The number of carbonyl (C=O) groups is 2. The molecule has 0 atom stereocenters. The molecule has 6 heterocycles. The first-order valence-corrected chi connectivity index (χ1v) is 37.3. The van der Waals surface area contributed by atoms with E-state index >= 15 is 0 Å². The van der Waals surface area contributed by atoms with Gasteiger partial charge < -0.3 is 38.6 Å². The predicted octanol–water partition coefficient (Wildman–Crippen LogP) is 9.98. The molecule has 0 radical (unpaired) electrons. The number of sulfone groups is 1. The zero-order valence-electron chi connectivity index (χ0n) is 50.7. The first kappa shape index (κ1) is 65.6. The number of carbonyl (C=O) groups excluding carboxylic acids is 1. The minimum atomic E-state index is -3.62. The van der Waals surface area contributed by atoms with Gasteiger partial charge in [-0.15, -0.1) is 10.2 Å². The van der Waals surface area contributed by atoms with Crippen molar-refractivity contribution >= 4 is 37.9 Å². The first-order valence-electron chi connectivity index (χ1n) is 28.0. The van der Waals surface area contributed by atoms with Crippen molar-refractivity contribution in [1.82, 2.24) is 49.5 Å². The zero-order chi connectivity index (χ0) is 60.9. The van der Waals surface area contributed by atoms with E-state index in [1.807, 2.05) is 26.0 Å². The number of rotatable bonds is 25. The molecule has 0 amide bonds. The number of methoxy groups -OCH3 is 1. The van der Waals surface area contributed by atoms with Crippen molar-refractivity contribution in [3.8, 4) is 63.1 Å². The molecule has 0 spiro atoms. The summed E-state index contributed by atoms with van der Waals surface area (Å²) < 4.78 is 61.5. The van der Waals surface area contributed by atoms with Crippen molar-refractivity contribution < 1.29 is 56.6 Å². The van der Waals surface area contributed by atoms with Gasteiger partial charge in [-0.2, -0.15) is 14.6 Å². The van der Waals surface area contributed by atoms with E-state index in [-0.39, 0.29) is 49.1 Å². The Morgan fingerprint density at radius 3 is 1.52 bits per heavy atom. The Labute approximate surface area is 490 Å². The van der Waals surface area contributed by atoms with E-state index in [4.69, 9.17) is 33.5 Å². The molecule has 0 unspecified atom stereocenters. The lowest BCUT2D eigenvalue weighted by atomic mass is 9.95. The molecule has 2 fully saturated rings. The lowest BCUT2D eigenvalue weighted by molar-refractivity contribution is -0.152. The normalized spacial score (nSPS) is 14.1.